The van der Waals surface area contributed by atoms with E-state index in [1.54, 1.807) is 24.3 Å². The van der Waals surface area contributed by atoms with E-state index in [1.165, 1.54) is 6.07 Å². The first-order valence-electron chi connectivity index (χ1n) is 6.94. The van der Waals surface area contributed by atoms with Crippen molar-refractivity contribution < 1.29 is 9.13 Å². The highest BCUT2D eigenvalue weighted by Crippen LogP contribution is 2.20. The number of para-hydroxylation sites is 1. The van der Waals surface area contributed by atoms with Gasteiger partial charge < -0.3 is 15.4 Å². The van der Waals surface area contributed by atoms with Crippen molar-refractivity contribution in [2.75, 3.05) is 23.8 Å². The van der Waals surface area contributed by atoms with Crippen molar-refractivity contribution in [1.29, 1.82) is 0 Å². The molecule has 0 atom stereocenters. The molecular formula is C15H19FN4O. The molecule has 1 aromatic heterocycles. The first kappa shape index (κ1) is 15.2. The van der Waals surface area contributed by atoms with Crippen molar-refractivity contribution in [2.45, 2.75) is 20.5 Å². The number of hydrogen-bond donors (Lipinski definition) is 2. The van der Waals surface area contributed by atoms with Crippen molar-refractivity contribution in [3.8, 4) is 0 Å². The number of hydrogen-bond acceptors (Lipinski definition) is 5. The van der Waals surface area contributed by atoms with Crippen LogP contribution in [0.1, 0.15) is 19.7 Å². The summed E-state index contributed by atoms with van der Waals surface area (Å²) in [6, 6.07) is 8.21. The molecule has 0 unspecified atom stereocenters. The number of nitrogens with one attached hydrogen (secondary N) is 2. The van der Waals surface area contributed by atoms with Crippen LogP contribution in [0.15, 0.2) is 30.3 Å². The highest BCUT2D eigenvalue weighted by Gasteiger charge is 2.07. The number of aromatic nitrogens is 2. The summed E-state index contributed by atoms with van der Waals surface area (Å²) in [4.78, 5) is 8.68. The summed E-state index contributed by atoms with van der Waals surface area (Å²) >= 11 is 0. The lowest BCUT2D eigenvalue weighted by molar-refractivity contribution is 0.128. The number of benzene rings is 1. The largest absolute Gasteiger partial charge is 0.374 e. The fourth-order valence-corrected chi connectivity index (χ4v) is 1.79. The van der Waals surface area contributed by atoms with Crippen molar-refractivity contribution >= 4 is 17.3 Å². The highest BCUT2D eigenvalue weighted by atomic mass is 19.1. The molecule has 1 heterocycles. The lowest BCUT2D eigenvalue weighted by Crippen LogP contribution is -2.07. The topological polar surface area (TPSA) is 59.1 Å². The van der Waals surface area contributed by atoms with Gasteiger partial charge in [0.1, 0.15) is 24.1 Å². The van der Waals surface area contributed by atoms with E-state index < -0.39 is 0 Å². The zero-order chi connectivity index (χ0) is 15.1. The van der Waals surface area contributed by atoms with Gasteiger partial charge in [-0.1, -0.05) is 12.1 Å². The molecule has 0 fully saturated rings. The summed E-state index contributed by atoms with van der Waals surface area (Å²) < 4.78 is 19.0. The number of halogens is 1. The van der Waals surface area contributed by atoms with Gasteiger partial charge in [-0.05, 0) is 26.0 Å². The molecule has 0 saturated heterocycles. The van der Waals surface area contributed by atoms with E-state index in [0.29, 0.717) is 36.4 Å². The smallest absolute Gasteiger partial charge is 0.158 e. The van der Waals surface area contributed by atoms with Crippen LogP contribution in [0.2, 0.25) is 0 Å². The number of rotatable bonds is 7. The maximum atomic E-state index is 13.7. The number of ether oxygens (including phenoxy) is 1. The predicted molar refractivity (Wildman–Crippen MR) is 81.2 cm³/mol. The summed E-state index contributed by atoms with van der Waals surface area (Å²) in [6.45, 7) is 5.54. The first-order chi connectivity index (χ1) is 10.2. The van der Waals surface area contributed by atoms with E-state index in [0.717, 1.165) is 6.54 Å². The minimum atomic E-state index is -0.326. The molecule has 6 heteroatoms. The summed E-state index contributed by atoms with van der Waals surface area (Å²) in [5.74, 6) is 1.43. The normalized spacial score (nSPS) is 10.4. The van der Waals surface area contributed by atoms with Crippen LogP contribution >= 0.6 is 0 Å². The maximum absolute atomic E-state index is 13.7. The van der Waals surface area contributed by atoms with Crippen LogP contribution in [0.5, 0.6) is 0 Å². The second-order valence-electron chi connectivity index (χ2n) is 4.33. The molecule has 2 N–H and O–H groups in total. The summed E-state index contributed by atoms with van der Waals surface area (Å²) in [7, 11) is 0. The monoisotopic (exact) mass is 290 g/mol. The van der Waals surface area contributed by atoms with Crippen LogP contribution in [-0.4, -0.2) is 23.1 Å². The number of anilines is 3. The molecule has 1 aromatic carbocycles. The minimum absolute atomic E-state index is 0.321. The molecule has 0 saturated carbocycles. The molecule has 0 spiro atoms. The quantitative estimate of drug-likeness (QED) is 0.819. The van der Waals surface area contributed by atoms with E-state index in [2.05, 4.69) is 20.6 Å². The molecule has 0 bridgehead atoms. The van der Waals surface area contributed by atoms with Gasteiger partial charge in [0.2, 0.25) is 0 Å². The highest BCUT2D eigenvalue weighted by molar-refractivity contribution is 5.59. The molecule has 0 radical (unpaired) electrons. The fraction of sp³-hybridized carbons (Fsp3) is 0.333. The molecule has 0 aliphatic carbocycles. The van der Waals surface area contributed by atoms with Gasteiger partial charge in [-0.3, -0.25) is 0 Å². The third kappa shape index (κ3) is 4.39. The van der Waals surface area contributed by atoms with Crippen LogP contribution in [0.4, 0.5) is 21.7 Å². The van der Waals surface area contributed by atoms with Crippen molar-refractivity contribution in [3.63, 3.8) is 0 Å². The molecular weight excluding hydrogens is 271 g/mol. The summed E-state index contributed by atoms with van der Waals surface area (Å²) in [5, 5.41) is 6.09. The van der Waals surface area contributed by atoms with Crippen LogP contribution < -0.4 is 10.6 Å². The number of nitrogens with zero attached hydrogens (tertiary/aromatic N) is 2. The van der Waals surface area contributed by atoms with Crippen LogP contribution in [0.3, 0.4) is 0 Å². The summed E-state index contributed by atoms with van der Waals surface area (Å²) in [6.07, 6.45) is 0. The van der Waals surface area contributed by atoms with Crippen molar-refractivity contribution in [2.24, 2.45) is 0 Å². The third-order valence-electron chi connectivity index (χ3n) is 2.70. The van der Waals surface area contributed by atoms with E-state index in [1.807, 2.05) is 13.8 Å². The Hall–Kier alpha value is -2.21. The van der Waals surface area contributed by atoms with Gasteiger partial charge >= 0.3 is 0 Å². The minimum Gasteiger partial charge on any atom is -0.374 e. The average Bonchev–Trinajstić information content (AvgIpc) is 2.48. The van der Waals surface area contributed by atoms with Crippen LogP contribution in [0, 0.1) is 5.82 Å². The van der Waals surface area contributed by atoms with Gasteiger partial charge in [0.05, 0.1) is 5.69 Å². The molecule has 112 valence electrons. The van der Waals surface area contributed by atoms with Crippen molar-refractivity contribution in [3.05, 3.63) is 42.0 Å². The molecule has 21 heavy (non-hydrogen) atoms. The Balaban J connectivity index is 2.24. The second-order valence-corrected chi connectivity index (χ2v) is 4.33. The van der Waals surface area contributed by atoms with E-state index in [9.17, 15) is 4.39 Å². The molecule has 5 nitrogen and oxygen atoms in total. The Labute approximate surface area is 123 Å². The Morgan fingerprint density at radius 1 is 1.14 bits per heavy atom. The second kappa shape index (κ2) is 7.54. The van der Waals surface area contributed by atoms with Crippen LogP contribution in [0.25, 0.3) is 0 Å². The lowest BCUT2D eigenvalue weighted by atomic mass is 10.3. The predicted octanol–water partition coefficient (Wildman–Crippen LogP) is 3.33. The van der Waals surface area contributed by atoms with Gasteiger partial charge in [0.25, 0.3) is 0 Å². The van der Waals surface area contributed by atoms with Gasteiger partial charge in [-0.15, -0.1) is 0 Å². The van der Waals surface area contributed by atoms with E-state index >= 15 is 0 Å². The standard InChI is InChI=1S/C15H19FN4O/c1-3-17-13-9-14(20-15(19-13)10-21-4-2)18-12-8-6-5-7-11(12)16/h5-9H,3-4,10H2,1-2H3,(H2,17,18,19,20). The molecule has 2 aromatic rings. The Bertz CT molecular complexity index is 592. The van der Waals surface area contributed by atoms with E-state index in [4.69, 9.17) is 4.74 Å². The summed E-state index contributed by atoms with van der Waals surface area (Å²) in [5.41, 5.74) is 0.376. The van der Waals surface area contributed by atoms with Gasteiger partial charge in [0, 0.05) is 19.2 Å². The van der Waals surface area contributed by atoms with Gasteiger partial charge in [-0.25, -0.2) is 14.4 Å². The first-order valence-corrected chi connectivity index (χ1v) is 6.94. The molecule has 0 aliphatic rings. The molecule has 2 rings (SSSR count). The van der Waals surface area contributed by atoms with E-state index in [-0.39, 0.29) is 5.82 Å². The van der Waals surface area contributed by atoms with Crippen molar-refractivity contribution in [1.82, 2.24) is 9.97 Å². The molecule has 0 amide bonds. The average molecular weight is 290 g/mol. The SMILES string of the molecule is CCNc1cc(Nc2ccccc2F)nc(COCC)n1. The molecule has 0 aliphatic heterocycles. The maximum Gasteiger partial charge on any atom is 0.158 e. The van der Waals surface area contributed by atoms with Crippen LogP contribution in [-0.2, 0) is 11.3 Å². The lowest BCUT2D eigenvalue weighted by Gasteiger charge is -2.11. The Morgan fingerprint density at radius 2 is 1.90 bits per heavy atom. The fourth-order valence-electron chi connectivity index (χ4n) is 1.79. The Morgan fingerprint density at radius 3 is 2.62 bits per heavy atom. The third-order valence-corrected chi connectivity index (χ3v) is 2.70. The zero-order valence-electron chi connectivity index (χ0n) is 12.2. The van der Waals surface area contributed by atoms with Gasteiger partial charge in [-0.2, -0.15) is 0 Å². The van der Waals surface area contributed by atoms with Gasteiger partial charge in [0.15, 0.2) is 5.82 Å². The zero-order valence-corrected chi connectivity index (χ0v) is 12.2. The Kier molecular flexibility index (Phi) is 5.45.